The van der Waals surface area contributed by atoms with E-state index in [1.54, 1.807) is 0 Å². The average Bonchev–Trinajstić information content (AvgIpc) is 2.46. The molecule has 1 N–H and O–H groups in total. The Morgan fingerprint density at radius 1 is 1.27 bits per heavy atom. The van der Waals surface area contributed by atoms with Crippen molar-refractivity contribution in [3.63, 3.8) is 0 Å². The number of nitrogens with zero attached hydrogens (tertiary/aromatic N) is 1. The molecule has 80 valence electrons. The second-order valence-corrected chi connectivity index (χ2v) is 4.54. The Morgan fingerprint density at radius 2 is 2.00 bits per heavy atom. The third kappa shape index (κ3) is 1.72. The topological polar surface area (TPSA) is 25.2 Å². The highest BCUT2D eigenvalue weighted by Crippen LogP contribution is 2.29. The Labute approximate surface area is 90.2 Å². The molecular formula is C13H17NO. The maximum Gasteiger partial charge on any atom is 0.199 e. The van der Waals surface area contributed by atoms with E-state index >= 15 is 0 Å². The van der Waals surface area contributed by atoms with E-state index in [-0.39, 0.29) is 0 Å². The van der Waals surface area contributed by atoms with E-state index in [0.29, 0.717) is 11.8 Å². The van der Waals surface area contributed by atoms with Crippen LogP contribution in [0.2, 0.25) is 0 Å². The molecule has 2 aromatic rings. The summed E-state index contributed by atoms with van der Waals surface area (Å²) in [6, 6.07) is 6.02. The molecule has 0 aliphatic carbocycles. The van der Waals surface area contributed by atoms with Crippen LogP contribution >= 0.6 is 0 Å². The van der Waals surface area contributed by atoms with Gasteiger partial charge in [0.15, 0.2) is 5.88 Å². The Balaban J connectivity index is 2.59. The van der Waals surface area contributed by atoms with Gasteiger partial charge in [-0.3, -0.25) is 0 Å². The maximum atomic E-state index is 10.0. The van der Waals surface area contributed by atoms with Crippen molar-refractivity contribution in [2.24, 2.45) is 5.92 Å². The molecule has 1 aromatic heterocycles. The molecule has 2 nitrogen and oxygen atoms in total. The monoisotopic (exact) mass is 203 g/mol. The lowest BCUT2D eigenvalue weighted by Gasteiger charge is -2.06. The molecule has 0 atom stereocenters. The van der Waals surface area contributed by atoms with Crippen LogP contribution in [0.4, 0.5) is 0 Å². The number of benzene rings is 1. The van der Waals surface area contributed by atoms with Crippen LogP contribution in [-0.4, -0.2) is 9.67 Å². The minimum atomic E-state index is 0.391. The Kier molecular flexibility index (Phi) is 2.43. The van der Waals surface area contributed by atoms with Gasteiger partial charge in [0.2, 0.25) is 0 Å². The lowest BCUT2D eigenvalue weighted by Crippen LogP contribution is -2.01. The fourth-order valence-electron chi connectivity index (χ4n) is 1.95. The molecule has 0 fully saturated rings. The van der Waals surface area contributed by atoms with Crippen LogP contribution in [0.5, 0.6) is 5.88 Å². The molecule has 0 bridgehead atoms. The molecule has 0 saturated carbocycles. The van der Waals surface area contributed by atoms with Crippen molar-refractivity contribution in [2.75, 3.05) is 0 Å². The van der Waals surface area contributed by atoms with Gasteiger partial charge in [0.25, 0.3) is 0 Å². The van der Waals surface area contributed by atoms with Crippen molar-refractivity contribution in [1.82, 2.24) is 4.57 Å². The van der Waals surface area contributed by atoms with Crippen LogP contribution in [0.15, 0.2) is 24.4 Å². The van der Waals surface area contributed by atoms with E-state index in [0.717, 1.165) is 17.3 Å². The summed E-state index contributed by atoms with van der Waals surface area (Å²) in [6.45, 7) is 7.23. The van der Waals surface area contributed by atoms with E-state index in [4.69, 9.17) is 0 Å². The Bertz CT molecular complexity index is 482. The van der Waals surface area contributed by atoms with E-state index < -0.39 is 0 Å². The number of hydrogen-bond donors (Lipinski definition) is 1. The highest BCUT2D eigenvalue weighted by Gasteiger charge is 2.09. The fraction of sp³-hybridized carbons (Fsp3) is 0.385. The summed E-state index contributed by atoms with van der Waals surface area (Å²) in [5, 5.41) is 12.1. The van der Waals surface area contributed by atoms with E-state index in [2.05, 4.69) is 26.8 Å². The maximum absolute atomic E-state index is 10.0. The smallest absolute Gasteiger partial charge is 0.199 e. The highest BCUT2D eigenvalue weighted by atomic mass is 16.3. The van der Waals surface area contributed by atoms with Crippen LogP contribution in [0.1, 0.15) is 19.4 Å². The summed E-state index contributed by atoms with van der Waals surface area (Å²) in [7, 11) is 0. The zero-order chi connectivity index (χ0) is 11.0. The summed E-state index contributed by atoms with van der Waals surface area (Å²) in [5.74, 6) is 0.931. The summed E-state index contributed by atoms with van der Waals surface area (Å²) in [6.07, 6.45) is 2.04. The third-order valence-corrected chi connectivity index (χ3v) is 2.68. The molecule has 0 unspecified atom stereocenters. The van der Waals surface area contributed by atoms with Crippen molar-refractivity contribution < 1.29 is 5.11 Å². The van der Waals surface area contributed by atoms with Gasteiger partial charge >= 0.3 is 0 Å². The molecule has 0 amide bonds. The van der Waals surface area contributed by atoms with Gasteiger partial charge in [0.1, 0.15) is 0 Å². The van der Waals surface area contributed by atoms with Crippen LogP contribution in [0, 0.1) is 12.8 Å². The summed E-state index contributed by atoms with van der Waals surface area (Å²) in [5.41, 5.74) is 1.21. The molecule has 1 heterocycles. The number of aromatic hydroxyl groups is 1. The van der Waals surface area contributed by atoms with Gasteiger partial charge in [-0.25, -0.2) is 0 Å². The number of rotatable bonds is 2. The van der Waals surface area contributed by atoms with Gasteiger partial charge in [0.05, 0.1) is 0 Å². The minimum Gasteiger partial charge on any atom is -0.494 e. The second kappa shape index (κ2) is 3.61. The van der Waals surface area contributed by atoms with Crippen molar-refractivity contribution in [3.8, 4) is 5.88 Å². The second-order valence-electron chi connectivity index (χ2n) is 4.54. The van der Waals surface area contributed by atoms with Crippen molar-refractivity contribution in [3.05, 3.63) is 30.0 Å². The van der Waals surface area contributed by atoms with Gasteiger partial charge in [-0.05, 0) is 24.5 Å². The third-order valence-electron chi connectivity index (χ3n) is 2.68. The SMILES string of the molecule is Cc1cccc2c(O)n(CC(C)C)cc12. The Morgan fingerprint density at radius 3 is 2.60 bits per heavy atom. The first kappa shape index (κ1) is 10.1. The van der Waals surface area contributed by atoms with Crippen molar-refractivity contribution in [2.45, 2.75) is 27.3 Å². The van der Waals surface area contributed by atoms with Crippen LogP contribution in [0.3, 0.4) is 0 Å². The van der Waals surface area contributed by atoms with Gasteiger partial charge in [-0.2, -0.15) is 0 Å². The van der Waals surface area contributed by atoms with E-state index in [1.807, 2.05) is 22.9 Å². The summed E-state index contributed by atoms with van der Waals surface area (Å²) in [4.78, 5) is 0. The molecule has 2 heteroatoms. The standard InChI is InChI=1S/C13H17NO/c1-9(2)7-14-8-12-10(3)5-4-6-11(12)13(14)15/h4-6,8-9,15H,7H2,1-3H3. The largest absolute Gasteiger partial charge is 0.494 e. The van der Waals surface area contributed by atoms with E-state index in [9.17, 15) is 5.11 Å². The first-order valence-electron chi connectivity index (χ1n) is 5.37. The summed E-state index contributed by atoms with van der Waals surface area (Å²) < 4.78 is 1.93. The van der Waals surface area contributed by atoms with Gasteiger partial charge in [-0.15, -0.1) is 0 Å². The summed E-state index contributed by atoms with van der Waals surface area (Å²) >= 11 is 0. The minimum absolute atomic E-state index is 0.391. The fourth-order valence-corrected chi connectivity index (χ4v) is 1.95. The number of aromatic nitrogens is 1. The Hall–Kier alpha value is -1.44. The molecule has 0 aliphatic rings. The zero-order valence-corrected chi connectivity index (χ0v) is 9.49. The number of hydrogen-bond acceptors (Lipinski definition) is 1. The molecule has 2 rings (SSSR count). The van der Waals surface area contributed by atoms with Crippen LogP contribution in [-0.2, 0) is 6.54 Å². The molecule has 0 aliphatic heterocycles. The van der Waals surface area contributed by atoms with Gasteiger partial charge in [-0.1, -0.05) is 26.0 Å². The molecule has 0 saturated heterocycles. The molecule has 0 radical (unpaired) electrons. The number of aryl methyl sites for hydroxylation is 1. The highest BCUT2D eigenvalue weighted by molar-refractivity contribution is 5.90. The predicted octanol–water partition coefficient (Wildman–Crippen LogP) is 3.31. The molecule has 15 heavy (non-hydrogen) atoms. The number of fused-ring (bicyclic) bond motifs is 1. The molecule has 0 spiro atoms. The molecular weight excluding hydrogens is 186 g/mol. The van der Waals surface area contributed by atoms with Gasteiger partial charge < -0.3 is 9.67 Å². The normalized spacial score (nSPS) is 11.5. The average molecular weight is 203 g/mol. The zero-order valence-electron chi connectivity index (χ0n) is 9.49. The van der Waals surface area contributed by atoms with Crippen LogP contribution in [0.25, 0.3) is 10.8 Å². The molecule has 1 aromatic carbocycles. The van der Waals surface area contributed by atoms with Gasteiger partial charge in [0, 0.05) is 23.5 Å². The van der Waals surface area contributed by atoms with Crippen molar-refractivity contribution in [1.29, 1.82) is 0 Å². The van der Waals surface area contributed by atoms with Crippen LogP contribution < -0.4 is 0 Å². The van der Waals surface area contributed by atoms with Crippen molar-refractivity contribution >= 4 is 10.8 Å². The lowest BCUT2D eigenvalue weighted by molar-refractivity contribution is 0.399. The quantitative estimate of drug-likeness (QED) is 0.795. The first-order chi connectivity index (χ1) is 7.09. The predicted molar refractivity (Wildman–Crippen MR) is 63.2 cm³/mol. The van der Waals surface area contributed by atoms with E-state index in [1.165, 1.54) is 5.56 Å². The first-order valence-corrected chi connectivity index (χ1v) is 5.37. The lowest BCUT2D eigenvalue weighted by atomic mass is 10.1.